The molecule has 0 saturated carbocycles. The molecule has 3 rings (SSSR count). The molecule has 1 aromatic carbocycles. The van der Waals surface area contributed by atoms with Gasteiger partial charge in [0.05, 0.1) is 44.1 Å². The molecule has 26 heavy (non-hydrogen) atoms. The van der Waals surface area contributed by atoms with Gasteiger partial charge in [0.1, 0.15) is 18.7 Å². The van der Waals surface area contributed by atoms with Crippen molar-refractivity contribution < 1.29 is 19.2 Å². The van der Waals surface area contributed by atoms with Gasteiger partial charge in [-0.25, -0.2) is 4.79 Å². The van der Waals surface area contributed by atoms with Gasteiger partial charge in [-0.15, -0.1) is 0 Å². The van der Waals surface area contributed by atoms with Crippen LogP contribution < -0.4 is 10.2 Å². The standard InChI is InChI=1S/C20H27N3O3/c1-4-26-20(24)17-13-22-18-15(3)11-14(2)12-16(18)19(17)21-5-6-23-7-9-25-10-8-23/h11-13H,4-10H2,1-3H3,(H,21,22)/p+1. The maximum Gasteiger partial charge on any atom is 0.341 e. The van der Waals surface area contributed by atoms with E-state index in [1.165, 1.54) is 4.90 Å². The van der Waals surface area contributed by atoms with Crippen LogP contribution in [0.25, 0.3) is 10.9 Å². The Kier molecular flexibility index (Phi) is 6.06. The molecule has 0 unspecified atom stereocenters. The molecule has 0 radical (unpaired) electrons. The number of carbonyl (C=O) groups excluding carboxylic acids is 1. The molecular weight excluding hydrogens is 330 g/mol. The Labute approximate surface area is 154 Å². The van der Waals surface area contributed by atoms with Crippen molar-refractivity contribution in [3.05, 3.63) is 35.0 Å². The molecule has 0 amide bonds. The van der Waals surface area contributed by atoms with Crippen LogP contribution in [0.15, 0.2) is 18.3 Å². The highest BCUT2D eigenvalue weighted by Gasteiger charge is 2.19. The second-order valence-corrected chi connectivity index (χ2v) is 6.78. The SMILES string of the molecule is CCOC(=O)c1cnc2c(C)cc(C)cc2c1NCC[NH+]1CCOCC1. The van der Waals surface area contributed by atoms with Gasteiger partial charge in [-0.2, -0.15) is 0 Å². The molecule has 1 fully saturated rings. The average Bonchev–Trinajstić information content (AvgIpc) is 2.63. The lowest BCUT2D eigenvalue weighted by atomic mass is 10.0. The van der Waals surface area contributed by atoms with E-state index in [4.69, 9.17) is 9.47 Å². The minimum atomic E-state index is -0.331. The van der Waals surface area contributed by atoms with Gasteiger partial charge in [-0.05, 0) is 32.4 Å². The summed E-state index contributed by atoms with van der Waals surface area (Å²) >= 11 is 0. The summed E-state index contributed by atoms with van der Waals surface area (Å²) in [5, 5.41) is 4.47. The Bertz CT molecular complexity index is 785. The highest BCUT2D eigenvalue weighted by atomic mass is 16.5. The van der Waals surface area contributed by atoms with Crippen LogP contribution in [0.2, 0.25) is 0 Å². The van der Waals surface area contributed by atoms with E-state index in [2.05, 4.69) is 29.4 Å². The Hall–Kier alpha value is -2.18. The van der Waals surface area contributed by atoms with E-state index < -0.39 is 0 Å². The lowest BCUT2D eigenvalue weighted by molar-refractivity contribution is -0.906. The van der Waals surface area contributed by atoms with Crippen LogP contribution in [0.1, 0.15) is 28.4 Å². The van der Waals surface area contributed by atoms with Crippen molar-refractivity contribution >= 4 is 22.6 Å². The Morgan fingerprint density at radius 3 is 2.81 bits per heavy atom. The van der Waals surface area contributed by atoms with Crippen molar-refractivity contribution in [1.82, 2.24) is 4.98 Å². The van der Waals surface area contributed by atoms with Gasteiger partial charge in [0, 0.05) is 11.6 Å². The predicted octanol–water partition coefficient (Wildman–Crippen LogP) is 1.36. The fraction of sp³-hybridized carbons (Fsp3) is 0.500. The molecule has 0 bridgehead atoms. The Balaban J connectivity index is 1.90. The second-order valence-electron chi connectivity index (χ2n) is 6.78. The number of nitrogens with zero attached hydrogens (tertiary/aromatic N) is 1. The summed E-state index contributed by atoms with van der Waals surface area (Å²) < 4.78 is 10.6. The van der Waals surface area contributed by atoms with Gasteiger partial charge in [-0.3, -0.25) is 4.98 Å². The zero-order valence-electron chi connectivity index (χ0n) is 15.9. The normalized spacial score (nSPS) is 15.2. The third-order valence-corrected chi connectivity index (χ3v) is 4.78. The monoisotopic (exact) mass is 358 g/mol. The third kappa shape index (κ3) is 4.14. The van der Waals surface area contributed by atoms with Gasteiger partial charge in [0.25, 0.3) is 0 Å². The number of anilines is 1. The quantitative estimate of drug-likeness (QED) is 0.764. The second kappa shape index (κ2) is 8.47. The third-order valence-electron chi connectivity index (χ3n) is 4.78. The number of carbonyl (C=O) groups is 1. The highest BCUT2D eigenvalue weighted by Crippen LogP contribution is 2.29. The summed E-state index contributed by atoms with van der Waals surface area (Å²) in [6, 6.07) is 4.20. The van der Waals surface area contributed by atoms with E-state index in [9.17, 15) is 4.79 Å². The number of pyridine rings is 1. The Morgan fingerprint density at radius 1 is 1.31 bits per heavy atom. The molecule has 6 nitrogen and oxygen atoms in total. The molecule has 1 aliphatic rings. The van der Waals surface area contributed by atoms with Crippen molar-refractivity contribution in [1.29, 1.82) is 0 Å². The van der Waals surface area contributed by atoms with Crippen LogP contribution in [0, 0.1) is 13.8 Å². The van der Waals surface area contributed by atoms with Crippen LogP contribution in [-0.2, 0) is 9.47 Å². The van der Waals surface area contributed by atoms with E-state index in [0.29, 0.717) is 12.2 Å². The number of aromatic nitrogens is 1. The lowest BCUT2D eigenvalue weighted by Gasteiger charge is -2.24. The number of hydrogen-bond acceptors (Lipinski definition) is 5. The van der Waals surface area contributed by atoms with Gasteiger partial charge in [-0.1, -0.05) is 11.6 Å². The molecule has 0 atom stereocenters. The number of ether oxygens (including phenoxy) is 2. The van der Waals surface area contributed by atoms with Gasteiger partial charge in [0.15, 0.2) is 0 Å². The fourth-order valence-corrected chi connectivity index (χ4v) is 3.49. The maximum absolute atomic E-state index is 12.4. The lowest BCUT2D eigenvalue weighted by Crippen LogP contribution is -3.14. The molecule has 1 aliphatic heterocycles. The number of quaternary nitrogens is 1. The highest BCUT2D eigenvalue weighted by molar-refractivity contribution is 6.05. The first kappa shape index (κ1) is 18.6. The molecule has 6 heteroatoms. The number of esters is 1. The summed E-state index contributed by atoms with van der Waals surface area (Å²) in [7, 11) is 0. The van der Waals surface area contributed by atoms with Crippen LogP contribution in [-0.4, -0.2) is 57.0 Å². The van der Waals surface area contributed by atoms with Crippen molar-refractivity contribution in [2.75, 3.05) is 51.3 Å². The largest absolute Gasteiger partial charge is 0.462 e. The summed E-state index contributed by atoms with van der Waals surface area (Å²) in [6.45, 7) is 11.7. The number of fused-ring (bicyclic) bond motifs is 1. The summed E-state index contributed by atoms with van der Waals surface area (Å²) in [6.07, 6.45) is 1.63. The van der Waals surface area contributed by atoms with E-state index in [1.54, 1.807) is 6.20 Å². The van der Waals surface area contributed by atoms with E-state index in [0.717, 1.165) is 67.1 Å². The number of aryl methyl sites for hydroxylation is 2. The molecule has 0 aliphatic carbocycles. The molecule has 1 aromatic heterocycles. The van der Waals surface area contributed by atoms with Crippen LogP contribution in [0.5, 0.6) is 0 Å². The van der Waals surface area contributed by atoms with Crippen LogP contribution in [0.3, 0.4) is 0 Å². The summed E-state index contributed by atoms with van der Waals surface area (Å²) in [5.74, 6) is -0.331. The van der Waals surface area contributed by atoms with Crippen molar-refractivity contribution in [2.24, 2.45) is 0 Å². The van der Waals surface area contributed by atoms with E-state index in [-0.39, 0.29) is 5.97 Å². The zero-order chi connectivity index (χ0) is 18.5. The van der Waals surface area contributed by atoms with Crippen molar-refractivity contribution in [3.63, 3.8) is 0 Å². The molecule has 2 aromatic rings. The van der Waals surface area contributed by atoms with Crippen LogP contribution >= 0.6 is 0 Å². The average molecular weight is 358 g/mol. The Morgan fingerprint density at radius 2 is 2.08 bits per heavy atom. The molecule has 2 heterocycles. The maximum atomic E-state index is 12.4. The smallest absolute Gasteiger partial charge is 0.341 e. The minimum absolute atomic E-state index is 0.331. The number of hydrogen-bond donors (Lipinski definition) is 2. The minimum Gasteiger partial charge on any atom is -0.462 e. The first-order valence-corrected chi connectivity index (χ1v) is 9.32. The number of nitrogens with one attached hydrogen (secondary N) is 2. The van der Waals surface area contributed by atoms with Gasteiger partial charge in [0.2, 0.25) is 0 Å². The van der Waals surface area contributed by atoms with Crippen molar-refractivity contribution in [2.45, 2.75) is 20.8 Å². The topological polar surface area (TPSA) is 64.9 Å². The first-order chi connectivity index (χ1) is 12.6. The molecule has 1 saturated heterocycles. The zero-order valence-corrected chi connectivity index (χ0v) is 15.9. The molecule has 0 spiro atoms. The molecule has 140 valence electrons. The summed E-state index contributed by atoms with van der Waals surface area (Å²) in [5.41, 5.74) is 4.51. The first-order valence-electron chi connectivity index (χ1n) is 9.32. The fourth-order valence-electron chi connectivity index (χ4n) is 3.49. The van der Waals surface area contributed by atoms with Crippen molar-refractivity contribution in [3.8, 4) is 0 Å². The van der Waals surface area contributed by atoms with E-state index >= 15 is 0 Å². The summed E-state index contributed by atoms with van der Waals surface area (Å²) in [4.78, 5) is 18.5. The number of benzene rings is 1. The van der Waals surface area contributed by atoms with E-state index in [1.807, 2.05) is 13.8 Å². The van der Waals surface area contributed by atoms with Gasteiger partial charge < -0.3 is 19.7 Å². The number of morpholine rings is 1. The number of rotatable bonds is 6. The molecule has 2 N–H and O–H groups in total. The predicted molar refractivity (Wildman–Crippen MR) is 102 cm³/mol. The molecular formula is C20H28N3O3+. The van der Waals surface area contributed by atoms with Crippen LogP contribution in [0.4, 0.5) is 5.69 Å². The van der Waals surface area contributed by atoms with Gasteiger partial charge >= 0.3 is 5.97 Å².